The van der Waals surface area contributed by atoms with Gasteiger partial charge in [0.1, 0.15) is 24.1 Å². The van der Waals surface area contributed by atoms with Crippen LogP contribution in [0.3, 0.4) is 0 Å². The summed E-state index contributed by atoms with van der Waals surface area (Å²) in [4.78, 5) is 23.7. The van der Waals surface area contributed by atoms with Crippen molar-refractivity contribution < 1.29 is 28.6 Å². The Bertz CT molecular complexity index is 1320. The molecule has 0 saturated carbocycles. The molecular weight excluding hydrogens is 507 g/mol. The van der Waals surface area contributed by atoms with Crippen molar-refractivity contribution in [2.75, 3.05) is 12.4 Å². The number of aromatic carboxylic acids is 1. The van der Waals surface area contributed by atoms with Crippen LogP contribution in [0.1, 0.15) is 21.5 Å². The molecule has 0 aliphatic rings. The number of anilines is 1. The molecule has 0 radical (unpaired) electrons. The predicted molar refractivity (Wildman–Crippen MR) is 127 cm³/mol. The van der Waals surface area contributed by atoms with Gasteiger partial charge in [-0.05, 0) is 64.0 Å². The smallest absolute Gasteiger partial charge is 0.335 e. The number of hydrogen-bond donors (Lipinski definition) is 2. The van der Waals surface area contributed by atoms with E-state index in [0.717, 1.165) is 0 Å². The Morgan fingerprint density at radius 3 is 2.62 bits per heavy atom. The summed E-state index contributed by atoms with van der Waals surface area (Å²) >= 11 is 3.39. The van der Waals surface area contributed by atoms with Crippen LogP contribution >= 0.6 is 15.9 Å². The molecule has 172 valence electrons. The molecule has 0 unspecified atom stereocenters. The minimum atomic E-state index is -1.14. The number of nitrogens with zero attached hydrogens (tertiary/aromatic N) is 1. The summed E-state index contributed by atoms with van der Waals surface area (Å²) in [6, 6.07) is 16.9. The van der Waals surface area contributed by atoms with Crippen molar-refractivity contribution in [3.63, 3.8) is 0 Å². The van der Waals surface area contributed by atoms with Gasteiger partial charge >= 0.3 is 5.97 Å². The standard InChI is InChI=1S/C25H18BrFN2O5/c1-33-22-11-15(10-20(26)23(22)34-14-17-5-2-3-8-21(17)27)9-18(13-28)24(30)29-19-7-4-6-16(12-19)25(31)32/h2-12H,14H2,1H3,(H,29,30)(H,31,32)/b18-9-. The highest BCUT2D eigenvalue weighted by molar-refractivity contribution is 9.10. The Morgan fingerprint density at radius 1 is 1.18 bits per heavy atom. The van der Waals surface area contributed by atoms with Crippen molar-refractivity contribution in [3.8, 4) is 17.6 Å². The van der Waals surface area contributed by atoms with Crippen LogP contribution in [0.25, 0.3) is 6.08 Å². The average Bonchev–Trinajstić information content (AvgIpc) is 2.82. The van der Waals surface area contributed by atoms with Gasteiger partial charge in [-0.2, -0.15) is 5.26 Å². The first kappa shape index (κ1) is 24.5. The highest BCUT2D eigenvalue weighted by atomic mass is 79.9. The molecule has 0 aliphatic heterocycles. The Morgan fingerprint density at radius 2 is 1.94 bits per heavy atom. The third-order valence-electron chi connectivity index (χ3n) is 4.63. The van der Waals surface area contributed by atoms with E-state index < -0.39 is 17.7 Å². The Hall–Kier alpha value is -4.16. The first-order valence-electron chi connectivity index (χ1n) is 9.82. The van der Waals surface area contributed by atoms with Gasteiger partial charge in [0, 0.05) is 11.3 Å². The van der Waals surface area contributed by atoms with Crippen LogP contribution in [0.4, 0.5) is 10.1 Å². The van der Waals surface area contributed by atoms with Crippen molar-refractivity contribution in [3.05, 3.63) is 93.2 Å². The summed E-state index contributed by atoms with van der Waals surface area (Å²) < 4.78 is 25.5. The molecule has 0 saturated heterocycles. The number of carbonyl (C=O) groups is 2. The summed E-state index contributed by atoms with van der Waals surface area (Å²) in [6.07, 6.45) is 1.35. The molecule has 0 bridgehead atoms. The summed E-state index contributed by atoms with van der Waals surface area (Å²) in [6.45, 7) is -0.0297. The lowest BCUT2D eigenvalue weighted by Crippen LogP contribution is -2.14. The van der Waals surface area contributed by atoms with Crippen molar-refractivity contribution in [2.45, 2.75) is 6.61 Å². The molecule has 2 N–H and O–H groups in total. The first-order valence-corrected chi connectivity index (χ1v) is 10.6. The molecule has 0 aliphatic carbocycles. The van der Waals surface area contributed by atoms with Gasteiger partial charge in [-0.3, -0.25) is 4.79 Å². The summed E-state index contributed by atoms with van der Waals surface area (Å²) in [5.41, 5.74) is 0.861. The third kappa shape index (κ3) is 5.99. The Balaban J connectivity index is 1.83. The number of carboxylic acids is 1. The molecule has 0 atom stereocenters. The lowest BCUT2D eigenvalue weighted by molar-refractivity contribution is -0.112. The lowest BCUT2D eigenvalue weighted by atomic mass is 10.1. The van der Waals surface area contributed by atoms with Crippen LogP contribution in [0.5, 0.6) is 11.5 Å². The second-order valence-corrected chi connectivity index (χ2v) is 7.78. The van der Waals surface area contributed by atoms with Crippen LogP contribution < -0.4 is 14.8 Å². The SMILES string of the molecule is COc1cc(/C=C(/C#N)C(=O)Nc2cccc(C(=O)O)c2)cc(Br)c1OCc1ccccc1F. The van der Waals surface area contributed by atoms with Gasteiger partial charge in [-0.15, -0.1) is 0 Å². The van der Waals surface area contributed by atoms with Gasteiger partial charge in [0.2, 0.25) is 0 Å². The molecule has 1 amide bonds. The predicted octanol–water partition coefficient (Wildman–Crippen LogP) is 5.42. The molecule has 3 rings (SSSR count). The number of amides is 1. The van der Waals surface area contributed by atoms with E-state index >= 15 is 0 Å². The van der Waals surface area contributed by atoms with E-state index in [1.54, 1.807) is 30.3 Å². The first-order chi connectivity index (χ1) is 16.3. The van der Waals surface area contributed by atoms with Crippen LogP contribution in [0.2, 0.25) is 0 Å². The Kier molecular flexibility index (Phi) is 8.01. The van der Waals surface area contributed by atoms with Gasteiger partial charge in [-0.25, -0.2) is 9.18 Å². The molecule has 9 heteroatoms. The molecule has 34 heavy (non-hydrogen) atoms. The molecule has 0 spiro atoms. The lowest BCUT2D eigenvalue weighted by Gasteiger charge is -2.14. The third-order valence-corrected chi connectivity index (χ3v) is 5.21. The number of carboxylic acid groups (broad SMARTS) is 1. The van der Waals surface area contributed by atoms with Crippen LogP contribution in [0.15, 0.2) is 70.7 Å². The van der Waals surface area contributed by atoms with Crippen molar-refractivity contribution >= 4 is 39.6 Å². The maximum absolute atomic E-state index is 13.9. The molecular formula is C25H18BrFN2O5. The van der Waals surface area contributed by atoms with E-state index in [9.17, 15) is 19.2 Å². The highest BCUT2D eigenvalue weighted by Gasteiger charge is 2.15. The molecule has 7 nitrogen and oxygen atoms in total. The average molecular weight is 525 g/mol. The molecule has 0 heterocycles. The number of carbonyl (C=O) groups excluding carboxylic acids is 1. The van der Waals surface area contributed by atoms with Gasteiger partial charge < -0.3 is 19.9 Å². The fourth-order valence-electron chi connectivity index (χ4n) is 2.97. The topological polar surface area (TPSA) is 109 Å². The van der Waals surface area contributed by atoms with E-state index in [2.05, 4.69) is 21.2 Å². The van der Waals surface area contributed by atoms with E-state index in [-0.39, 0.29) is 23.4 Å². The number of methoxy groups -OCH3 is 1. The van der Waals surface area contributed by atoms with Crippen LogP contribution in [0, 0.1) is 17.1 Å². The van der Waals surface area contributed by atoms with Crippen LogP contribution in [-0.4, -0.2) is 24.1 Å². The maximum Gasteiger partial charge on any atom is 0.335 e. The second-order valence-electron chi connectivity index (χ2n) is 6.92. The number of rotatable bonds is 8. The van der Waals surface area contributed by atoms with Crippen LogP contribution in [-0.2, 0) is 11.4 Å². The number of ether oxygens (including phenoxy) is 2. The zero-order valence-corrected chi connectivity index (χ0v) is 19.4. The number of halogens is 2. The fourth-order valence-corrected chi connectivity index (χ4v) is 3.55. The molecule has 0 fully saturated rings. The zero-order valence-electron chi connectivity index (χ0n) is 17.8. The van der Waals surface area contributed by atoms with E-state index in [1.165, 1.54) is 43.5 Å². The van der Waals surface area contributed by atoms with E-state index in [0.29, 0.717) is 27.1 Å². The molecule has 3 aromatic carbocycles. The number of benzene rings is 3. The minimum absolute atomic E-state index is 0.0000677. The normalized spacial score (nSPS) is 10.8. The van der Waals surface area contributed by atoms with E-state index in [1.807, 2.05) is 6.07 Å². The molecule has 0 aromatic heterocycles. The number of nitrogens with one attached hydrogen (secondary N) is 1. The number of nitriles is 1. The largest absolute Gasteiger partial charge is 0.493 e. The maximum atomic E-state index is 13.9. The fraction of sp³-hybridized carbons (Fsp3) is 0.0800. The number of hydrogen-bond acceptors (Lipinski definition) is 5. The van der Waals surface area contributed by atoms with E-state index in [4.69, 9.17) is 14.6 Å². The van der Waals surface area contributed by atoms with Crippen molar-refractivity contribution in [1.82, 2.24) is 0 Å². The molecule has 3 aromatic rings. The minimum Gasteiger partial charge on any atom is -0.493 e. The van der Waals surface area contributed by atoms with Gasteiger partial charge in [-0.1, -0.05) is 24.3 Å². The monoisotopic (exact) mass is 524 g/mol. The zero-order chi connectivity index (χ0) is 24.7. The quantitative estimate of drug-likeness (QED) is 0.300. The summed E-state index contributed by atoms with van der Waals surface area (Å²) in [5.74, 6) is -1.60. The van der Waals surface area contributed by atoms with Crippen molar-refractivity contribution in [2.24, 2.45) is 0 Å². The van der Waals surface area contributed by atoms with Gasteiger partial charge in [0.25, 0.3) is 5.91 Å². The van der Waals surface area contributed by atoms with Gasteiger partial charge in [0.15, 0.2) is 11.5 Å². The highest BCUT2D eigenvalue weighted by Crippen LogP contribution is 2.38. The van der Waals surface area contributed by atoms with Crippen molar-refractivity contribution in [1.29, 1.82) is 5.26 Å². The second kappa shape index (κ2) is 11.1. The summed E-state index contributed by atoms with van der Waals surface area (Å²) in [7, 11) is 1.43. The summed E-state index contributed by atoms with van der Waals surface area (Å²) in [5, 5.41) is 21.1. The Labute approximate surface area is 203 Å². The van der Waals surface area contributed by atoms with Gasteiger partial charge in [0.05, 0.1) is 17.1 Å².